The lowest BCUT2D eigenvalue weighted by atomic mass is 9.79. The molecular weight excluding hydrogens is 581 g/mol. The second-order valence-electron chi connectivity index (χ2n) is 15.2. The fourth-order valence-corrected chi connectivity index (χ4v) is 20.1. The van der Waals surface area contributed by atoms with Gasteiger partial charge in [0.2, 0.25) is 0 Å². The minimum atomic E-state index is -2.01. The average Bonchev–Trinajstić information content (AvgIpc) is 2.97. The van der Waals surface area contributed by atoms with Crippen LogP contribution in [0.1, 0.15) is 116 Å². The highest BCUT2D eigenvalue weighted by Crippen LogP contribution is 2.46. The summed E-state index contributed by atoms with van der Waals surface area (Å²) >= 11 is 0. The Morgan fingerprint density at radius 1 is 0.837 bits per heavy atom. The number of rotatable bonds is 17. The summed E-state index contributed by atoms with van der Waals surface area (Å²) in [5.41, 5.74) is 3.85. The molecule has 0 radical (unpaired) electrons. The van der Waals surface area contributed by atoms with Gasteiger partial charge in [-0.05, 0) is 89.9 Å². The summed E-state index contributed by atoms with van der Waals surface area (Å²) in [6, 6.07) is 6.85. The lowest BCUT2D eigenvalue weighted by molar-refractivity contribution is -0.131. The van der Waals surface area contributed by atoms with E-state index in [2.05, 4.69) is 110 Å². The van der Waals surface area contributed by atoms with E-state index in [-0.39, 0.29) is 29.8 Å². The SMILES string of the molecule is C=C1CC[C@H]2O[C@@H]1/C=C(/[C@H](C)CO[Si](C(C)C)(C(C)C)C(C)C)[C@@H](O[Si](CC)(CC)CC)C[C@@]2(C)O[Si](CC)(CC)CC. The van der Waals surface area contributed by atoms with Gasteiger partial charge in [0.15, 0.2) is 25.0 Å². The molecule has 252 valence electrons. The largest absolute Gasteiger partial charge is 0.415 e. The lowest BCUT2D eigenvalue weighted by Gasteiger charge is -2.51. The summed E-state index contributed by atoms with van der Waals surface area (Å²) in [4.78, 5) is 0. The predicted molar refractivity (Wildman–Crippen MR) is 195 cm³/mol. The quantitative estimate of drug-likeness (QED) is 0.116. The van der Waals surface area contributed by atoms with E-state index in [0.29, 0.717) is 16.6 Å². The van der Waals surface area contributed by atoms with Crippen molar-refractivity contribution in [1.82, 2.24) is 0 Å². The van der Waals surface area contributed by atoms with E-state index in [1.807, 2.05) is 0 Å². The third-order valence-corrected chi connectivity index (χ3v) is 27.5. The Hall–Kier alpha value is -0.0294. The normalized spacial score (nSPS) is 27.8. The first-order valence-corrected chi connectivity index (χ1v) is 25.3. The summed E-state index contributed by atoms with van der Waals surface area (Å²) in [5.74, 6) is 0.232. The zero-order valence-corrected chi connectivity index (χ0v) is 34.0. The summed E-state index contributed by atoms with van der Waals surface area (Å²) in [7, 11) is -5.85. The highest BCUT2D eigenvalue weighted by Gasteiger charge is 2.50. The third kappa shape index (κ3) is 8.47. The number of hydrogen-bond acceptors (Lipinski definition) is 4. The number of hydrogen-bond donors (Lipinski definition) is 0. The molecule has 0 aromatic rings. The van der Waals surface area contributed by atoms with Gasteiger partial charge in [-0.25, -0.2) is 0 Å². The molecule has 0 aliphatic carbocycles. The van der Waals surface area contributed by atoms with Crippen LogP contribution >= 0.6 is 0 Å². The maximum absolute atomic E-state index is 7.56. The van der Waals surface area contributed by atoms with E-state index in [9.17, 15) is 0 Å². The molecule has 0 spiro atoms. The van der Waals surface area contributed by atoms with Crippen molar-refractivity contribution < 1.29 is 18.0 Å². The molecule has 0 unspecified atom stereocenters. The van der Waals surface area contributed by atoms with Crippen LogP contribution in [0.25, 0.3) is 0 Å². The van der Waals surface area contributed by atoms with Gasteiger partial charge < -0.3 is 18.0 Å². The van der Waals surface area contributed by atoms with Gasteiger partial charge in [0.05, 0.1) is 23.9 Å². The van der Waals surface area contributed by atoms with Crippen LogP contribution in [0.3, 0.4) is 0 Å². The molecule has 1 saturated heterocycles. The lowest BCUT2D eigenvalue weighted by Crippen LogP contribution is -2.58. The fourth-order valence-electron chi connectivity index (χ4n) is 8.63. The first kappa shape index (κ1) is 39.2. The van der Waals surface area contributed by atoms with Crippen molar-refractivity contribution in [3.05, 3.63) is 23.8 Å². The molecule has 5 atom stereocenters. The standard InChI is InChI=1S/C36H72O4Si3/c1-16-41(17-2,18-3)39-34-25-36(15,40-42(19-4,20-5)21-6)35-23-22-30(13)33(38-35)24-32(34)31(14)26-37-43(27(7)8,28(9)10)29(11)12/h24,27-29,31,33-35H,13,16-23,25-26H2,1-12,14-15H3/b32-24-/t31-,33-,34+,35-,36-/m1/s1. The molecule has 2 aliphatic heterocycles. The Bertz CT molecular complexity index is 870. The van der Waals surface area contributed by atoms with E-state index in [4.69, 9.17) is 18.0 Å². The minimum Gasteiger partial charge on any atom is -0.415 e. The summed E-state index contributed by atoms with van der Waals surface area (Å²) in [5, 5.41) is 0. The predicted octanol–water partition coefficient (Wildman–Crippen LogP) is 11.4. The van der Waals surface area contributed by atoms with E-state index in [1.54, 1.807) is 0 Å². The molecule has 2 bridgehead atoms. The Labute approximate surface area is 271 Å². The van der Waals surface area contributed by atoms with Gasteiger partial charge in [-0.3, -0.25) is 0 Å². The van der Waals surface area contributed by atoms with Crippen molar-refractivity contribution in [2.45, 2.75) is 193 Å². The molecule has 4 nitrogen and oxygen atoms in total. The maximum Gasteiger partial charge on any atom is 0.200 e. The molecule has 2 heterocycles. The van der Waals surface area contributed by atoms with Crippen molar-refractivity contribution >= 4 is 25.0 Å². The Morgan fingerprint density at radius 3 is 1.77 bits per heavy atom. The van der Waals surface area contributed by atoms with Crippen molar-refractivity contribution in [3.8, 4) is 0 Å². The first-order valence-electron chi connectivity index (χ1n) is 18.1. The summed E-state index contributed by atoms with van der Waals surface area (Å²) in [6.45, 7) is 38.4. The molecule has 2 aliphatic rings. The topological polar surface area (TPSA) is 36.9 Å². The van der Waals surface area contributed by atoms with Crippen LogP contribution in [0.15, 0.2) is 23.8 Å². The molecule has 0 aromatic carbocycles. The highest BCUT2D eigenvalue weighted by atomic mass is 28.4. The second-order valence-corrected chi connectivity index (χ2v) is 30.0. The third-order valence-electron chi connectivity index (χ3n) is 12.0. The first-order chi connectivity index (χ1) is 20.1. The molecule has 0 N–H and O–H groups in total. The van der Waals surface area contributed by atoms with Crippen LogP contribution in [-0.4, -0.2) is 55.5 Å². The van der Waals surface area contributed by atoms with Gasteiger partial charge in [0, 0.05) is 18.9 Å². The van der Waals surface area contributed by atoms with Crippen molar-refractivity contribution in [3.63, 3.8) is 0 Å². The molecule has 7 heteroatoms. The van der Waals surface area contributed by atoms with E-state index in [1.165, 1.54) is 11.1 Å². The molecule has 43 heavy (non-hydrogen) atoms. The van der Waals surface area contributed by atoms with E-state index < -0.39 is 25.0 Å². The van der Waals surface area contributed by atoms with Crippen LogP contribution in [0, 0.1) is 5.92 Å². The van der Waals surface area contributed by atoms with Crippen LogP contribution < -0.4 is 0 Å². The van der Waals surface area contributed by atoms with Gasteiger partial charge in [-0.15, -0.1) is 0 Å². The molecule has 2 rings (SSSR count). The molecular formula is C36H72O4Si3. The van der Waals surface area contributed by atoms with Crippen molar-refractivity contribution in [2.75, 3.05) is 6.61 Å². The van der Waals surface area contributed by atoms with Crippen LogP contribution in [-0.2, 0) is 18.0 Å². The second kappa shape index (κ2) is 16.2. The van der Waals surface area contributed by atoms with Crippen LogP contribution in [0.2, 0.25) is 52.9 Å². The van der Waals surface area contributed by atoms with Crippen LogP contribution in [0.5, 0.6) is 0 Å². The number of fused-ring (bicyclic) bond motifs is 2. The molecule has 0 aromatic heterocycles. The van der Waals surface area contributed by atoms with E-state index >= 15 is 0 Å². The average molecular weight is 653 g/mol. The Kier molecular flexibility index (Phi) is 14.7. The van der Waals surface area contributed by atoms with Gasteiger partial charge in [-0.1, -0.05) is 96.6 Å². The van der Waals surface area contributed by atoms with Gasteiger partial charge in [-0.2, -0.15) is 0 Å². The van der Waals surface area contributed by atoms with Crippen molar-refractivity contribution in [2.24, 2.45) is 5.92 Å². The smallest absolute Gasteiger partial charge is 0.200 e. The molecule has 0 amide bonds. The van der Waals surface area contributed by atoms with Crippen molar-refractivity contribution in [1.29, 1.82) is 0 Å². The van der Waals surface area contributed by atoms with Crippen LogP contribution in [0.4, 0.5) is 0 Å². The summed E-state index contributed by atoms with van der Waals surface area (Å²) < 4.78 is 29.3. The molecule has 0 saturated carbocycles. The zero-order chi connectivity index (χ0) is 32.8. The Balaban J connectivity index is 2.68. The molecule has 1 fully saturated rings. The number of ether oxygens (including phenoxy) is 1. The maximum atomic E-state index is 7.56. The van der Waals surface area contributed by atoms with Gasteiger partial charge in [0.1, 0.15) is 0 Å². The minimum absolute atomic E-state index is 0.0143. The fraction of sp³-hybridized carbons (Fsp3) is 0.889. The van der Waals surface area contributed by atoms with Gasteiger partial charge in [0.25, 0.3) is 0 Å². The monoisotopic (exact) mass is 652 g/mol. The zero-order valence-electron chi connectivity index (χ0n) is 31.0. The Morgan fingerprint density at radius 2 is 1.33 bits per heavy atom. The highest BCUT2D eigenvalue weighted by molar-refractivity contribution is 6.77. The van der Waals surface area contributed by atoms with E-state index in [0.717, 1.165) is 62.1 Å². The summed E-state index contributed by atoms with van der Waals surface area (Å²) in [6.07, 6.45) is 5.23. The van der Waals surface area contributed by atoms with Gasteiger partial charge >= 0.3 is 0 Å².